The van der Waals surface area contributed by atoms with Crippen molar-refractivity contribution >= 4 is 0 Å². The van der Waals surface area contributed by atoms with Crippen LogP contribution in [0.3, 0.4) is 0 Å². The van der Waals surface area contributed by atoms with Gasteiger partial charge in [-0.1, -0.05) is 0 Å². The molecule has 82 valence electrons. The van der Waals surface area contributed by atoms with E-state index in [1.54, 1.807) is 6.92 Å². The number of nitrogens with zero attached hydrogens (tertiary/aromatic N) is 1. The zero-order valence-corrected chi connectivity index (χ0v) is 9.06. The first-order valence-corrected chi connectivity index (χ1v) is 5.80. The summed E-state index contributed by atoms with van der Waals surface area (Å²) < 4.78 is 13.5. The number of alkyl halides is 1. The van der Waals surface area contributed by atoms with Gasteiger partial charge in [-0.2, -0.15) is 0 Å². The van der Waals surface area contributed by atoms with Gasteiger partial charge in [0.25, 0.3) is 0 Å². The molecule has 2 fully saturated rings. The summed E-state index contributed by atoms with van der Waals surface area (Å²) in [5, 5.41) is 3.49. The van der Waals surface area contributed by atoms with E-state index in [1.165, 1.54) is 19.4 Å². The second kappa shape index (κ2) is 4.15. The summed E-state index contributed by atoms with van der Waals surface area (Å²) in [6, 6.07) is 0.666. The quantitative estimate of drug-likeness (QED) is 0.728. The van der Waals surface area contributed by atoms with Crippen molar-refractivity contribution in [3.63, 3.8) is 0 Å². The second-order valence-electron chi connectivity index (χ2n) is 5.01. The van der Waals surface area contributed by atoms with Gasteiger partial charge in [0.2, 0.25) is 0 Å². The summed E-state index contributed by atoms with van der Waals surface area (Å²) in [5.41, 5.74) is -0.903. The lowest BCUT2D eigenvalue weighted by Crippen LogP contribution is -2.45. The normalized spacial score (nSPS) is 33.4. The number of hydrogen-bond donors (Lipinski definition) is 1. The maximum atomic E-state index is 13.5. The van der Waals surface area contributed by atoms with Gasteiger partial charge in [-0.15, -0.1) is 0 Å². The molecule has 0 aromatic heterocycles. The van der Waals surface area contributed by atoms with Crippen molar-refractivity contribution < 1.29 is 4.39 Å². The summed E-state index contributed by atoms with van der Waals surface area (Å²) in [6.45, 7) is 5.89. The predicted molar refractivity (Wildman–Crippen MR) is 56.2 cm³/mol. The summed E-state index contributed by atoms with van der Waals surface area (Å²) in [4.78, 5) is 2.41. The maximum absolute atomic E-state index is 13.5. The average molecular weight is 200 g/mol. The molecule has 2 rings (SSSR count). The van der Waals surface area contributed by atoms with Crippen LogP contribution >= 0.6 is 0 Å². The van der Waals surface area contributed by atoms with Crippen LogP contribution < -0.4 is 5.32 Å². The van der Waals surface area contributed by atoms with Gasteiger partial charge in [0.15, 0.2) is 0 Å². The Morgan fingerprint density at radius 3 is 2.71 bits per heavy atom. The Kier molecular flexibility index (Phi) is 3.07. The third-order valence-electron chi connectivity index (χ3n) is 3.54. The largest absolute Gasteiger partial charge is 0.313 e. The van der Waals surface area contributed by atoms with Crippen molar-refractivity contribution in [1.29, 1.82) is 0 Å². The molecule has 1 N–H and O–H groups in total. The molecule has 14 heavy (non-hydrogen) atoms. The van der Waals surface area contributed by atoms with Gasteiger partial charge in [0.1, 0.15) is 5.67 Å². The van der Waals surface area contributed by atoms with E-state index in [0.29, 0.717) is 18.9 Å². The molecule has 2 nitrogen and oxygen atoms in total. The molecule has 0 aliphatic carbocycles. The van der Waals surface area contributed by atoms with Gasteiger partial charge in [0, 0.05) is 25.7 Å². The van der Waals surface area contributed by atoms with Crippen LogP contribution in [0.2, 0.25) is 0 Å². The topological polar surface area (TPSA) is 15.3 Å². The van der Waals surface area contributed by atoms with Crippen molar-refractivity contribution in [3.05, 3.63) is 0 Å². The van der Waals surface area contributed by atoms with E-state index < -0.39 is 5.67 Å². The van der Waals surface area contributed by atoms with E-state index in [9.17, 15) is 4.39 Å². The molecule has 0 saturated carbocycles. The first-order chi connectivity index (χ1) is 6.66. The standard InChI is InChI=1S/C11H21FN2/c1-11(12)4-7-14(8-5-11)9-10-3-2-6-13-10/h10,13H,2-9H2,1H3. The molecular weight excluding hydrogens is 179 g/mol. The molecule has 2 aliphatic heterocycles. The monoisotopic (exact) mass is 200 g/mol. The molecule has 0 radical (unpaired) electrons. The second-order valence-corrected chi connectivity index (χ2v) is 5.01. The molecule has 0 bridgehead atoms. The molecule has 2 heterocycles. The number of halogens is 1. The van der Waals surface area contributed by atoms with E-state index in [4.69, 9.17) is 0 Å². The van der Waals surface area contributed by atoms with Gasteiger partial charge in [-0.05, 0) is 39.2 Å². The number of nitrogens with one attached hydrogen (secondary N) is 1. The summed E-state index contributed by atoms with van der Waals surface area (Å²) >= 11 is 0. The van der Waals surface area contributed by atoms with E-state index in [1.807, 2.05) is 0 Å². The molecule has 2 saturated heterocycles. The molecule has 1 atom stereocenters. The molecule has 1 unspecified atom stereocenters. The average Bonchev–Trinajstić information content (AvgIpc) is 2.61. The molecule has 0 amide bonds. The van der Waals surface area contributed by atoms with Crippen LogP contribution in [0.25, 0.3) is 0 Å². The molecular formula is C11H21FN2. The zero-order chi connectivity index (χ0) is 10.0. The van der Waals surface area contributed by atoms with Crippen LogP contribution in [0.1, 0.15) is 32.6 Å². The van der Waals surface area contributed by atoms with Crippen molar-refractivity contribution in [2.75, 3.05) is 26.2 Å². The lowest BCUT2D eigenvalue weighted by molar-refractivity contribution is 0.0701. The number of rotatable bonds is 2. The molecule has 0 aromatic carbocycles. The Morgan fingerprint density at radius 2 is 2.14 bits per heavy atom. The number of hydrogen-bond acceptors (Lipinski definition) is 2. The number of likely N-dealkylation sites (tertiary alicyclic amines) is 1. The third-order valence-corrected chi connectivity index (χ3v) is 3.54. The van der Waals surface area contributed by atoms with Gasteiger partial charge in [0.05, 0.1) is 0 Å². The molecule has 2 aliphatic rings. The van der Waals surface area contributed by atoms with E-state index >= 15 is 0 Å². The van der Waals surface area contributed by atoms with Gasteiger partial charge in [-0.25, -0.2) is 4.39 Å². The van der Waals surface area contributed by atoms with Gasteiger partial charge < -0.3 is 10.2 Å². The van der Waals surface area contributed by atoms with Crippen LogP contribution in [-0.4, -0.2) is 42.8 Å². The van der Waals surface area contributed by atoms with Crippen LogP contribution in [-0.2, 0) is 0 Å². The summed E-state index contributed by atoms with van der Waals surface area (Å²) in [5.74, 6) is 0. The number of piperidine rings is 1. The maximum Gasteiger partial charge on any atom is 0.110 e. The van der Waals surface area contributed by atoms with Crippen LogP contribution in [0.5, 0.6) is 0 Å². The molecule has 3 heteroatoms. The minimum Gasteiger partial charge on any atom is -0.313 e. The third kappa shape index (κ3) is 2.67. The van der Waals surface area contributed by atoms with Crippen molar-refractivity contribution in [2.24, 2.45) is 0 Å². The lowest BCUT2D eigenvalue weighted by atomic mass is 9.95. The van der Waals surface area contributed by atoms with Gasteiger partial charge in [-0.3, -0.25) is 0 Å². The van der Waals surface area contributed by atoms with Gasteiger partial charge >= 0.3 is 0 Å². The van der Waals surface area contributed by atoms with E-state index in [-0.39, 0.29) is 0 Å². The van der Waals surface area contributed by atoms with E-state index in [0.717, 1.165) is 19.6 Å². The Hall–Kier alpha value is -0.150. The SMILES string of the molecule is CC1(F)CCN(CC2CCCN2)CC1. The van der Waals surface area contributed by atoms with Crippen molar-refractivity contribution in [1.82, 2.24) is 10.2 Å². The van der Waals surface area contributed by atoms with Crippen molar-refractivity contribution in [2.45, 2.75) is 44.3 Å². The fourth-order valence-electron chi connectivity index (χ4n) is 2.43. The molecule has 0 spiro atoms. The fourth-order valence-corrected chi connectivity index (χ4v) is 2.43. The van der Waals surface area contributed by atoms with Crippen LogP contribution in [0.4, 0.5) is 4.39 Å². The molecule has 0 aromatic rings. The smallest absolute Gasteiger partial charge is 0.110 e. The van der Waals surface area contributed by atoms with Crippen molar-refractivity contribution in [3.8, 4) is 0 Å². The lowest BCUT2D eigenvalue weighted by Gasteiger charge is -2.35. The fraction of sp³-hybridized carbons (Fsp3) is 1.00. The highest BCUT2D eigenvalue weighted by Gasteiger charge is 2.30. The zero-order valence-electron chi connectivity index (χ0n) is 9.06. The first kappa shape index (κ1) is 10.4. The Labute approximate surface area is 85.9 Å². The predicted octanol–water partition coefficient (Wildman–Crippen LogP) is 1.56. The van der Waals surface area contributed by atoms with Crippen LogP contribution in [0, 0.1) is 0 Å². The highest BCUT2D eigenvalue weighted by atomic mass is 19.1. The highest BCUT2D eigenvalue weighted by Crippen LogP contribution is 2.25. The Bertz CT molecular complexity index is 178. The highest BCUT2D eigenvalue weighted by molar-refractivity contribution is 4.85. The minimum absolute atomic E-state index is 0.666. The summed E-state index contributed by atoms with van der Waals surface area (Å²) in [6.07, 6.45) is 4.02. The van der Waals surface area contributed by atoms with E-state index in [2.05, 4.69) is 10.2 Å². The minimum atomic E-state index is -0.903. The van der Waals surface area contributed by atoms with Crippen LogP contribution in [0.15, 0.2) is 0 Å². The first-order valence-electron chi connectivity index (χ1n) is 5.80. The summed E-state index contributed by atoms with van der Waals surface area (Å²) in [7, 11) is 0. The Balaban J connectivity index is 1.72. The Morgan fingerprint density at radius 1 is 1.43 bits per heavy atom.